The van der Waals surface area contributed by atoms with Gasteiger partial charge < -0.3 is 14.4 Å². The SMILES string of the molecule is CC(C)(C)n1c(CO)nnc1CCC1CCCO1. The number of aromatic nitrogens is 3. The highest BCUT2D eigenvalue weighted by Crippen LogP contribution is 2.22. The molecule has 0 spiro atoms. The van der Waals surface area contributed by atoms with E-state index in [1.165, 1.54) is 6.42 Å². The van der Waals surface area contributed by atoms with E-state index in [9.17, 15) is 5.11 Å². The van der Waals surface area contributed by atoms with Gasteiger partial charge in [0.2, 0.25) is 0 Å². The van der Waals surface area contributed by atoms with E-state index in [1.54, 1.807) is 0 Å². The van der Waals surface area contributed by atoms with Gasteiger partial charge in [0.25, 0.3) is 0 Å². The average Bonchev–Trinajstić information content (AvgIpc) is 2.94. The number of aryl methyl sites for hydroxylation is 1. The molecular weight excluding hydrogens is 230 g/mol. The molecule has 2 rings (SSSR count). The first-order chi connectivity index (χ1) is 8.52. The van der Waals surface area contributed by atoms with Crippen molar-refractivity contribution in [1.29, 1.82) is 0 Å². The van der Waals surface area contributed by atoms with Crippen LogP contribution in [0.15, 0.2) is 0 Å². The molecule has 0 amide bonds. The zero-order valence-corrected chi connectivity index (χ0v) is 11.5. The number of hydrogen-bond donors (Lipinski definition) is 1. The first kappa shape index (κ1) is 13.5. The second kappa shape index (κ2) is 5.36. The van der Waals surface area contributed by atoms with Gasteiger partial charge >= 0.3 is 0 Å². The van der Waals surface area contributed by atoms with Gasteiger partial charge in [0.05, 0.1) is 6.10 Å². The first-order valence-corrected chi connectivity index (χ1v) is 6.68. The van der Waals surface area contributed by atoms with E-state index in [0.717, 1.165) is 31.7 Å². The fourth-order valence-corrected chi connectivity index (χ4v) is 2.55. The molecule has 0 saturated carbocycles. The molecule has 0 aliphatic carbocycles. The Bertz CT molecular complexity index is 389. The minimum absolute atomic E-state index is 0.0653. The van der Waals surface area contributed by atoms with Gasteiger partial charge in [0, 0.05) is 18.6 Å². The lowest BCUT2D eigenvalue weighted by atomic mass is 10.1. The molecule has 0 radical (unpaired) electrons. The molecule has 1 aliphatic rings. The van der Waals surface area contributed by atoms with Crippen molar-refractivity contribution in [2.24, 2.45) is 0 Å². The number of rotatable bonds is 4. The maximum atomic E-state index is 9.33. The Morgan fingerprint density at radius 1 is 1.33 bits per heavy atom. The Morgan fingerprint density at radius 2 is 2.06 bits per heavy atom. The van der Waals surface area contributed by atoms with Crippen molar-refractivity contribution < 1.29 is 9.84 Å². The zero-order chi connectivity index (χ0) is 13.2. The summed E-state index contributed by atoms with van der Waals surface area (Å²) >= 11 is 0. The van der Waals surface area contributed by atoms with Crippen molar-refractivity contribution in [1.82, 2.24) is 14.8 Å². The third-order valence-corrected chi connectivity index (χ3v) is 3.32. The summed E-state index contributed by atoms with van der Waals surface area (Å²) in [6.45, 7) is 7.13. The predicted octanol–water partition coefficient (Wildman–Crippen LogP) is 1.64. The summed E-state index contributed by atoms with van der Waals surface area (Å²) in [5, 5.41) is 17.6. The van der Waals surface area contributed by atoms with E-state index < -0.39 is 0 Å². The summed E-state index contributed by atoms with van der Waals surface area (Å²) in [6.07, 6.45) is 4.52. The molecule has 1 aromatic rings. The molecule has 1 aromatic heterocycles. The number of hydrogen-bond acceptors (Lipinski definition) is 4. The van der Waals surface area contributed by atoms with Crippen molar-refractivity contribution in [2.45, 2.75) is 64.7 Å². The summed E-state index contributed by atoms with van der Waals surface area (Å²) in [5.74, 6) is 1.59. The van der Waals surface area contributed by atoms with Crippen molar-refractivity contribution >= 4 is 0 Å². The molecule has 18 heavy (non-hydrogen) atoms. The molecular formula is C13H23N3O2. The average molecular weight is 253 g/mol. The van der Waals surface area contributed by atoms with Crippen LogP contribution in [-0.4, -0.2) is 32.6 Å². The summed E-state index contributed by atoms with van der Waals surface area (Å²) in [4.78, 5) is 0. The van der Waals surface area contributed by atoms with Gasteiger partial charge in [-0.15, -0.1) is 10.2 Å². The molecule has 0 bridgehead atoms. The van der Waals surface area contributed by atoms with E-state index >= 15 is 0 Å². The van der Waals surface area contributed by atoms with Crippen LogP contribution < -0.4 is 0 Å². The van der Waals surface area contributed by atoms with Crippen LogP contribution in [0.1, 0.15) is 51.7 Å². The Hall–Kier alpha value is -0.940. The summed E-state index contributed by atoms with van der Waals surface area (Å²) in [5.41, 5.74) is -0.104. The van der Waals surface area contributed by atoms with Gasteiger partial charge in [0.15, 0.2) is 5.82 Å². The highest BCUT2D eigenvalue weighted by Gasteiger charge is 2.23. The van der Waals surface area contributed by atoms with E-state index in [4.69, 9.17) is 4.74 Å². The Morgan fingerprint density at radius 3 is 2.61 bits per heavy atom. The van der Waals surface area contributed by atoms with Gasteiger partial charge in [0.1, 0.15) is 12.4 Å². The molecule has 1 N–H and O–H groups in total. The van der Waals surface area contributed by atoms with Crippen LogP contribution in [0.5, 0.6) is 0 Å². The zero-order valence-electron chi connectivity index (χ0n) is 11.5. The van der Waals surface area contributed by atoms with Gasteiger partial charge in [-0.3, -0.25) is 0 Å². The van der Waals surface area contributed by atoms with Crippen molar-refractivity contribution in [3.8, 4) is 0 Å². The minimum atomic E-state index is -0.104. The first-order valence-electron chi connectivity index (χ1n) is 6.68. The monoisotopic (exact) mass is 253 g/mol. The summed E-state index contributed by atoms with van der Waals surface area (Å²) in [6, 6.07) is 0. The molecule has 1 saturated heterocycles. The van der Waals surface area contributed by atoms with Gasteiger partial charge in [-0.25, -0.2) is 0 Å². The molecule has 0 aromatic carbocycles. The number of nitrogens with zero attached hydrogens (tertiary/aromatic N) is 3. The maximum absolute atomic E-state index is 9.33. The van der Waals surface area contributed by atoms with Crippen molar-refractivity contribution in [2.75, 3.05) is 6.61 Å². The predicted molar refractivity (Wildman–Crippen MR) is 68.2 cm³/mol. The number of aliphatic hydroxyl groups is 1. The van der Waals surface area contributed by atoms with Crippen LogP contribution in [0.3, 0.4) is 0 Å². The molecule has 1 atom stereocenters. The largest absolute Gasteiger partial charge is 0.388 e. The number of ether oxygens (including phenoxy) is 1. The smallest absolute Gasteiger partial charge is 0.159 e. The molecule has 5 nitrogen and oxygen atoms in total. The fourth-order valence-electron chi connectivity index (χ4n) is 2.55. The standard InChI is InChI=1S/C13H23N3O2/c1-13(2,3)16-11(14-15-12(16)9-17)7-6-10-5-4-8-18-10/h10,17H,4-9H2,1-3H3. The van der Waals surface area contributed by atoms with Crippen LogP contribution in [0.25, 0.3) is 0 Å². The van der Waals surface area contributed by atoms with Crippen molar-refractivity contribution in [3.63, 3.8) is 0 Å². The number of aliphatic hydroxyl groups excluding tert-OH is 1. The highest BCUT2D eigenvalue weighted by atomic mass is 16.5. The van der Waals surface area contributed by atoms with Gasteiger partial charge in [-0.2, -0.15) is 0 Å². The third kappa shape index (κ3) is 2.90. The summed E-state index contributed by atoms with van der Waals surface area (Å²) in [7, 11) is 0. The normalized spacial score (nSPS) is 20.6. The lowest BCUT2D eigenvalue weighted by Gasteiger charge is -2.24. The van der Waals surface area contributed by atoms with Crippen molar-refractivity contribution in [3.05, 3.63) is 11.6 Å². The van der Waals surface area contributed by atoms with Crippen LogP contribution in [0.2, 0.25) is 0 Å². The van der Waals surface area contributed by atoms with Crippen LogP contribution in [-0.2, 0) is 23.3 Å². The topological polar surface area (TPSA) is 60.2 Å². The van der Waals surface area contributed by atoms with Crippen LogP contribution in [0, 0.1) is 0 Å². The second-order valence-corrected chi connectivity index (χ2v) is 5.87. The van der Waals surface area contributed by atoms with Crippen LogP contribution in [0.4, 0.5) is 0 Å². The van der Waals surface area contributed by atoms with Gasteiger partial charge in [-0.05, 0) is 40.0 Å². The lowest BCUT2D eigenvalue weighted by molar-refractivity contribution is 0.103. The molecule has 5 heteroatoms. The van der Waals surface area contributed by atoms with E-state index in [1.807, 2.05) is 4.57 Å². The molecule has 102 valence electrons. The quantitative estimate of drug-likeness (QED) is 0.886. The highest BCUT2D eigenvalue weighted by molar-refractivity contribution is 5.01. The van der Waals surface area contributed by atoms with E-state index in [2.05, 4.69) is 31.0 Å². The van der Waals surface area contributed by atoms with Gasteiger partial charge in [-0.1, -0.05) is 0 Å². The Kier molecular flexibility index (Phi) is 4.02. The molecule has 2 heterocycles. The molecule has 1 fully saturated rings. The lowest BCUT2D eigenvalue weighted by Crippen LogP contribution is -2.27. The second-order valence-electron chi connectivity index (χ2n) is 5.87. The Labute approximate surface area is 108 Å². The Balaban J connectivity index is 2.09. The molecule has 1 aliphatic heterocycles. The van der Waals surface area contributed by atoms with Crippen LogP contribution >= 0.6 is 0 Å². The maximum Gasteiger partial charge on any atom is 0.159 e. The fraction of sp³-hybridized carbons (Fsp3) is 0.846. The van der Waals surface area contributed by atoms with E-state index in [-0.39, 0.29) is 12.1 Å². The minimum Gasteiger partial charge on any atom is -0.388 e. The third-order valence-electron chi connectivity index (χ3n) is 3.32. The summed E-state index contributed by atoms with van der Waals surface area (Å²) < 4.78 is 7.67. The molecule has 1 unspecified atom stereocenters. The van der Waals surface area contributed by atoms with E-state index in [0.29, 0.717) is 11.9 Å².